The molecule has 0 bridgehead atoms. The fourth-order valence-corrected chi connectivity index (χ4v) is 10.0. The summed E-state index contributed by atoms with van der Waals surface area (Å²) in [5.41, 5.74) is 3.37. The Balaban J connectivity index is 0.724. The number of ether oxygens (including phenoxy) is 1. The zero-order valence-corrected chi connectivity index (χ0v) is 32.2. The summed E-state index contributed by atoms with van der Waals surface area (Å²) in [5, 5.41) is 2.76. The summed E-state index contributed by atoms with van der Waals surface area (Å²) in [6.07, 6.45) is 7.55. The van der Waals surface area contributed by atoms with Gasteiger partial charge in [0, 0.05) is 80.7 Å². The third-order valence-corrected chi connectivity index (χ3v) is 13.3. The molecule has 4 amide bonds. The zero-order chi connectivity index (χ0) is 38.7. The van der Waals surface area contributed by atoms with Crippen LogP contribution in [0.4, 0.5) is 22.9 Å². The maximum atomic E-state index is 13.3. The van der Waals surface area contributed by atoms with Crippen LogP contribution in [0.2, 0.25) is 5.02 Å². The van der Waals surface area contributed by atoms with E-state index < -0.39 is 23.8 Å². The summed E-state index contributed by atoms with van der Waals surface area (Å²) in [6.45, 7) is 15.9. The van der Waals surface area contributed by atoms with Gasteiger partial charge in [-0.25, -0.2) is 9.83 Å². The average Bonchev–Trinajstić information content (AvgIpc) is 3.64. The van der Waals surface area contributed by atoms with Gasteiger partial charge in [-0.3, -0.25) is 34.3 Å². The second-order valence-corrected chi connectivity index (χ2v) is 16.8. The number of carbonyl (C=O) groups is 4. The molecule has 7 heterocycles. The number of pyridine rings is 1. The fourth-order valence-electron chi connectivity index (χ4n) is 9.81. The van der Waals surface area contributed by atoms with Crippen molar-refractivity contribution in [1.29, 1.82) is 0 Å². The number of likely N-dealkylation sites (tertiary alicyclic amines) is 1. The molecule has 2 aromatic carbocycles. The number of carbonyl (C=O) groups excluding carboxylic acids is 4. The number of hydrogen-bond acceptors (Lipinski definition) is 10. The lowest BCUT2D eigenvalue weighted by Crippen LogP contribution is -2.59. The Morgan fingerprint density at radius 2 is 1.64 bits per heavy atom. The van der Waals surface area contributed by atoms with E-state index in [1.54, 1.807) is 12.1 Å². The Morgan fingerprint density at radius 1 is 0.893 bits per heavy atom. The van der Waals surface area contributed by atoms with E-state index in [1.807, 2.05) is 36.5 Å². The van der Waals surface area contributed by atoms with Crippen molar-refractivity contribution in [3.63, 3.8) is 0 Å². The smallest absolute Gasteiger partial charge is 0.262 e. The molecule has 1 aromatic heterocycles. The number of halogens is 1. The van der Waals surface area contributed by atoms with E-state index in [0.29, 0.717) is 33.9 Å². The van der Waals surface area contributed by atoms with Gasteiger partial charge >= 0.3 is 0 Å². The van der Waals surface area contributed by atoms with Crippen molar-refractivity contribution in [3.05, 3.63) is 82.3 Å². The molecule has 1 N–H and O–H groups in total. The van der Waals surface area contributed by atoms with Crippen molar-refractivity contribution in [2.75, 3.05) is 60.5 Å². The van der Waals surface area contributed by atoms with Crippen molar-refractivity contribution in [2.24, 2.45) is 5.41 Å². The maximum absolute atomic E-state index is 13.3. The summed E-state index contributed by atoms with van der Waals surface area (Å²) in [5.74, 6) is -0.165. The monoisotopic (exact) mass is 776 g/mol. The first kappa shape index (κ1) is 36.4. The highest BCUT2D eigenvalue weighted by Crippen LogP contribution is 2.46. The average molecular weight is 777 g/mol. The largest absolute Gasteiger partial charge is 0.486 e. The highest BCUT2D eigenvalue weighted by Gasteiger charge is 2.46. The van der Waals surface area contributed by atoms with Gasteiger partial charge in [-0.1, -0.05) is 17.7 Å². The van der Waals surface area contributed by atoms with Gasteiger partial charge in [-0.2, -0.15) is 0 Å². The number of anilines is 3. The number of rotatable bonds is 7. The van der Waals surface area contributed by atoms with Gasteiger partial charge in [0.15, 0.2) is 0 Å². The molecule has 2 atom stereocenters. The van der Waals surface area contributed by atoms with Crippen LogP contribution in [0.15, 0.2) is 54.7 Å². The molecule has 3 aromatic rings. The zero-order valence-electron chi connectivity index (χ0n) is 31.5. The Kier molecular flexibility index (Phi) is 9.37. The molecule has 13 nitrogen and oxygen atoms in total. The Labute approximate surface area is 331 Å². The van der Waals surface area contributed by atoms with E-state index in [-0.39, 0.29) is 30.3 Å². The molecule has 0 aliphatic carbocycles. The number of fused-ring (bicyclic) bond motifs is 1. The molecule has 0 radical (unpaired) electrons. The molecule has 1 spiro atoms. The van der Waals surface area contributed by atoms with Crippen LogP contribution < -0.4 is 24.8 Å². The predicted octanol–water partition coefficient (Wildman–Crippen LogP) is 5.30. The van der Waals surface area contributed by atoms with Gasteiger partial charge in [0.25, 0.3) is 11.8 Å². The normalized spacial score (nSPS) is 24.4. The van der Waals surface area contributed by atoms with Crippen molar-refractivity contribution in [3.8, 4) is 5.75 Å². The van der Waals surface area contributed by atoms with Gasteiger partial charge in [-0.05, 0) is 93.3 Å². The standard InChI is InChI=1S/C42H45ClN8O5/c1-26-21-42(25-50(26)29-4-7-35(44-2)34(43)20-29)13-17-48(18-14-42)37-9-5-30(22-45-37)56-31-23-49(24-31)27-11-15-47(16-12-27)28-3-6-32-33(19-28)41(55)51(40(32)54)36-8-10-38(52)46-39(36)53/h3-7,9,19-20,22,26-27,31,36H,8,10-18,21,23-25H2,1H3,(H,46,52,53)/t26-,36?/m0/s1. The first-order chi connectivity index (χ1) is 27.1. The van der Waals surface area contributed by atoms with Crippen molar-refractivity contribution in [2.45, 2.75) is 76.1 Å². The van der Waals surface area contributed by atoms with E-state index >= 15 is 0 Å². The molecule has 14 heteroatoms. The molecule has 5 saturated heterocycles. The lowest BCUT2D eigenvalue weighted by Gasteiger charge is -2.47. The summed E-state index contributed by atoms with van der Waals surface area (Å²) in [6, 6.07) is 15.2. The minimum Gasteiger partial charge on any atom is -0.486 e. The van der Waals surface area contributed by atoms with Crippen molar-refractivity contribution < 1.29 is 23.9 Å². The van der Waals surface area contributed by atoms with E-state index in [9.17, 15) is 19.2 Å². The summed E-state index contributed by atoms with van der Waals surface area (Å²) >= 11 is 6.38. The number of amides is 4. The van der Waals surface area contributed by atoms with Crippen molar-refractivity contribution in [1.82, 2.24) is 20.1 Å². The lowest BCUT2D eigenvalue weighted by molar-refractivity contribution is -0.136. The number of nitrogens with zero attached hydrogens (tertiary/aromatic N) is 7. The van der Waals surface area contributed by atoms with Crippen molar-refractivity contribution >= 4 is 58.1 Å². The first-order valence-electron chi connectivity index (χ1n) is 19.7. The molecule has 0 saturated carbocycles. The number of aromatic nitrogens is 1. The quantitative estimate of drug-likeness (QED) is 0.250. The van der Waals surface area contributed by atoms with Gasteiger partial charge < -0.3 is 19.4 Å². The molecule has 6 aliphatic heterocycles. The second kappa shape index (κ2) is 14.4. The molecule has 9 rings (SSSR count). The minimum atomic E-state index is -0.966. The van der Waals surface area contributed by atoms with Crippen LogP contribution in [-0.2, 0) is 9.59 Å². The number of hydrogen-bond donors (Lipinski definition) is 1. The molecular weight excluding hydrogens is 732 g/mol. The van der Waals surface area contributed by atoms with E-state index in [2.05, 4.69) is 42.8 Å². The molecule has 1 unspecified atom stereocenters. The van der Waals surface area contributed by atoms with Gasteiger partial charge in [0.2, 0.25) is 17.5 Å². The molecule has 6 aliphatic rings. The Bertz CT molecular complexity index is 2120. The van der Waals surface area contributed by atoms with E-state index in [1.165, 1.54) is 0 Å². The fraction of sp³-hybridized carbons (Fsp3) is 0.476. The van der Waals surface area contributed by atoms with Crippen LogP contribution in [0.5, 0.6) is 5.75 Å². The van der Waals surface area contributed by atoms with Gasteiger partial charge in [0.1, 0.15) is 23.7 Å². The van der Waals surface area contributed by atoms with E-state index in [4.69, 9.17) is 27.9 Å². The summed E-state index contributed by atoms with van der Waals surface area (Å²) in [7, 11) is 0. The summed E-state index contributed by atoms with van der Waals surface area (Å²) in [4.78, 5) is 69.4. The first-order valence-corrected chi connectivity index (χ1v) is 20.1. The number of nitrogens with one attached hydrogen (secondary N) is 1. The Morgan fingerprint density at radius 3 is 2.34 bits per heavy atom. The maximum Gasteiger partial charge on any atom is 0.262 e. The number of benzene rings is 2. The topological polar surface area (TPSA) is 123 Å². The molecule has 5 fully saturated rings. The lowest BCUT2D eigenvalue weighted by atomic mass is 9.77. The summed E-state index contributed by atoms with van der Waals surface area (Å²) < 4.78 is 6.33. The van der Waals surface area contributed by atoms with Crippen LogP contribution in [0.25, 0.3) is 4.85 Å². The second-order valence-electron chi connectivity index (χ2n) is 16.4. The minimum absolute atomic E-state index is 0.0971. The predicted molar refractivity (Wildman–Crippen MR) is 212 cm³/mol. The molecule has 290 valence electrons. The van der Waals surface area contributed by atoms with Crippen LogP contribution >= 0.6 is 11.6 Å². The van der Waals surface area contributed by atoms with Gasteiger partial charge in [-0.15, -0.1) is 0 Å². The Hall–Kier alpha value is -5.19. The van der Waals surface area contributed by atoms with Crippen LogP contribution in [0.1, 0.15) is 72.6 Å². The number of imide groups is 2. The van der Waals surface area contributed by atoms with Gasteiger partial charge in [0.05, 0.1) is 23.9 Å². The third-order valence-electron chi connectivity index (χ3n) is 13.0. The highest BCUT2D eigenvalue weighted by atomic mass is 35.5. The van der Waals surface area contributed by atoms with Crippen LogP contribution in [0, 0.1) is 12.0 Å². The SMILES string of the molecule is [C-]#[N+]c1ccc(N2CC3(CCN(c4ccc(OC5CN(C6CCN(c7ccc8c(c7)C(=O)N(C7CCC(=O)NC7=O)C8=O)CC6)C5)cn4)CC3)C[C@@H]2C)cc1Cl. The molecule has 56 heavy (non-hydrogen) atoms. The van der Waals surface area contributed by atoms with Crippen LogP contribution in [0.3, 0.4) is 0 Å². The third kappa shape index (κ3) is 6.62. The van der Waals surface area contributed by atoms with Crippen LogP contribution in [-0.4, -0.2) is 108 Å². The molecular formula is C42H45ClN8O5. The number of piperidine rings is 3. The van der Waals surface area contributed by atoms with E-state index in [0.717, 1.165) is 106 Å². The highest BCUT2D eigenvalue weighted by molar-refractivity contribution is 6.33.